The van der Waals surface area contributed by atoms with E-state index in [1.807, 2.05) is 48.5 Å². The Morgan fingerprint density at radius 3 is 2.68 bits per heavy atom. The van der Waals surface area contributed by atoms with Gasteiger partial charge in [0.1, 0.15) is 0 Å². The van der Waals surface area contributed by atoms with Crippen molar-refractivity contribution in [2.75, 3.05) is 11.4 Å². The maximum atomic E-state index is 12.4. The molecule has 22 heavy (non-hydrogen) atoms. The van der Waals surface area contributed by atoms with Crippen LogP contribution in [0.15, 0.2) is 48.5 Å². The Morgan fingerprint density at radius 2 is 1.95 bits per heavy atom. The lowest BCUT2D eigenvalue weighted by atomic mass is 9.98. The van der Waals surface area contributed by atoms with E-state index in [-0.39, 0.29) is 6.09 Å². The molecule has 2 aromatic carbocycles. The molecule has 0 saturated heterocycles. The molecule has 2 aromatic rings. The Bertz CT molecular complexity index is 672. The first-order chi connectivity index (χ1) is 10.7. The van der Waals surface area contributed by atoms with Gasteiger partial charge in [-0.25, -0.2) is 4.79 Å². The Labute approximate surface area is 135 Å². The number of benzene rings is 2. The average molecular weight is 316 g/mol. The van der Waals surface area contributed by atoms with Gasteiger partial charge < -0.3 is 4.74 Å². The largest absolute Gasteiger partial charge is 0.436 e. The van der Waals surface area contributed by atoms with Crippen molar-refractivity contribution in [1.82, 2.24) is 0 Å². The summed E-state index contributed by atoms with van der Waals surface area (Å²) in [5.41, 5.74) is 2.78. The highest BCUT2D eigenvalue weighted by atomic mass is 35.5. The molecule has 0 bridgehead atoms. The number of ether oxygens (including phenoxy) is 1. The number of hydrogen-bond acceptors (Lipinski definition) is 2. The molecule has 1 aliphatic rings. The van der Waals surface area contributed by atoms with Gasteiger partial charge in [-0.05, 0) is 30.2 Å². The van der Waals surface area contributed by atoms with Gasteiger partial charge in [-0.1, -0.05) is 55.3 Å². The number of carbonyl (C=O) groups excluding carboxylic acids is 1. The smallest absolute Gasteiger partial charge is 0.415 e. The van der Waals surface area contributed by atoms with Gasteiger partial charge in [0.25, 0.3) is 0 Å². The number of anilines is 1. The zero-order valence-electron chi connectivity index (χ0n) is 12.5. The number of halogens is 1. The predicted octanol–water partition coefficient (Wildman–Crippen LogP) is 5.19. The number of unbranched alkanes of at least 4 members (excludes halogenated alkanes) is 1. The Hall–Kier alpha value is -2.00. The minimum Gasteiger partial charge on any atom is -0.436 e. The first-order valence-corrected chi connectivity index (χ1v) is 7.91. The zero-order valence-corrected chi connectivity index (χ0v) is 13.2. The summed E-state index contributed by atoms with van der Waals surface area (Å²) in [6.45, 7) is 2.76. The number of cyclic esters (lactones) is 1. The van der Waals surface area contributed by atoms with E-state index in [1.165, 1.54) is 0 Å². The first-order valence-electron chi connectivity index (χ1n) is 7.53. The van der Waals surface area contributed by atoms with E-state index in [0.717, 1.165) is 29.7 Å². The summed E-state index contributed by atoms with van der Waals surface area (Å²) in [4.78, 5) is 14.1. The van der Waals surface area contributed by atoms with E-state index in [9.17, 15) is 4.79 Å². The quantitative estimate of drug-likeness (QED) is 0.777. The molecule has 0 spiro atoms. The van der Waals surface area contributed by atoms with Crippen LogP contribution >= 0.6 is 11.6 Å². The number of carbonyl (C=O) groups is 1. The summed E-state index contributed by atoms with van der Waals surface area (Å²) in [6, 6.07) is 15.4. The molecule has 3 rings (SSSR count). The minimum absolute atomic E-state index is 0.294. The minimum atomic E-state index is -0.403. The van der Waals surface area contributed by atoms with Crippen molar-refractivity contribution >= 4 is 23.4 Å². The normalized spacial score (nSPS) is 17.1. The van der Waals surface area contributed by atoms with E-state index in [1.54, 1.807) is 4.90 Å². The topological polar surface area (TPSA) is 29.5 Å². The van der Waals surface area contributed by atoms with Gasteiger partial charge in [-0.15, -0.1) is 0 Å². The van der Waals surface area contributed by atoms with Crippen LogP contribution in [-0.4, -0.2) is 12.6 Å². The fourth-order valence-electron chi connectivity index (χ4n) is 2.71. The highest BCUT2D eigenvalue weighted by Crippen LogP contribution is 2.39. The lowest BCUT2D eigenvalue weighted by molar-refractivity contribution is 0.117. The standard InChI is InChI=1S/C18H18ClNO2/c1-2-3-11-20-16-10-9-14(19)12-15(16)17(22-18(20)21)13-7-5-4-6-8-13/h4-10,12,17H,2-3,11H2,1H3. The summed E-state index contributed by atoms with van der Waals surface area (Å²) in [5.74, 6) is 0. The van der Waals surface area contributed by atoms with Crippen molar-refractivity contribution in [3.05, 3.63) is 64.7 Å². The molecule has 0 aromatic heterocycles. The van der Waals surface area contributed by atoms with Gasteiger partial charge in [-0.2, -0.15) is 0 Å². The van der Waals surface area contributed by atoms with Gasteiger partial charge in [0.05, 0.1) is 5.69 Å². The third kappa shape index (κ3) is 2.81. The van der Waals surface area contributed by atoms with Crippen molar-refractivity contribution in [1.29, 1.82) is 0 Å². The van der Waals surface area contributed by atoms with Gasteiger partial charge in [0.15, 0.2) is 6.10 Å². The molecule has 1 unspecified atom stereocenters. The summed E-state index contributed by atoms with van der Waals surface area (Å²) in [6.07, 6.45) is 1.26. The maximum Gasteiger partial charge on any atom is 0.415 e. The molecule has 3 nitrogen and oxygen atoms in total. The predicted molar refractivity (Wildman–Crippen MR) is 88.5 cm³/mol. The Morgan fingerprint density at radius 1 is 1.18 bits per heavy atom. The highest BCUT2D eigenvalue weighted by Gasteiger charge is 2.33. The number of nitrogens with zero attached hydrogens (tertiary/aromatic N) is 1. The van der Waals surface area contributed by atoms with E-state index in [2.05, 4.69) is 6.92 Å². The molecule has 0 N–H and O–H groups in total. The molecule has 0 saturated carbocycles. The van der Waals surface area contributed by atoms with Gasteiger partial charge in [-0.3, -0.25) is 4.90 Å². The van der Waals surface area contributed by atoms with Crippen molar-refractivity contribution < 1.29 is 9.53 Å². The van der Waals surface area contributed by atoms with Crippen LogP contribution in [0.1, 0.15) is 37.0 Å². The average Bonchev–Trinajstić information content (AvgIpc) is 2.54. The first kappa shape index (κ1) is 14.9. The lowest BCUT2D eigenvalue weighted by Gasteiger charge is -2.34. The van der Waals surface area contributed by atoms with Crippen LogP contribution < -0.4 is 4.90 Å². The SMILES string of the molecule is CCCCN1C(=O)OC(c2ccccc2)c2cc(Cl)ccc21. The second kappa shape index (κ2) is 6.41. The molecule has 0 radical (unpaired) electrons. The van der Waals surface area contributed by atoms with E-state index >= 15 is 0 Å². The van der Waals surface area contributed by atoms with E-state index < -0.39 is 6.10 Å². The fourth-order valence-corrected chi connectivity index (χ4v) is 2.89. The van der Waals surface area contributed by atoms with E-state index in [4.69, 9.17) is 16.3 Å². The van der Waals surface area contributed by atoms with Gasteiger partial charge in [0, 0.05) is 17.1 Å². The van der Waals surface area contributed by atoms with Crippen LogP contribution in [0, 0.1) is 0 Å². The molecular formula is C18H18ClNO2. The molecule has 0 aliphatic carbocycles. The highest BCUT2D eigenvalue weighted by molar-refractivity contribution is 6.30. The van der Waals surface area contributed by atoms with E-state index in [0.29, 0.717) is 11.6 Å². The van der Waals surface area contributed by atoms with Crippen LogP contribution in [0.25, 0.3) is 0 Å². The third-order valence-corrected chi connectivity index (χ3v) is 4.07. The van der Waals surface area contributed by atoms with Crippen molar-refractivity contribution in [3.8, 4) is 0 Å². The zero-order chi connectivity index (χ0) is 15.5. The molecule has 1 heterocycles. The maximum absolute atomic E-state index is 12.4. The van der Waals surface area contributed by atoms with Crippen LogP contribution in [0.3, 0.4) is 0 Å². The lowest BCUT2D eigenvalue weighted by Crippen LogP contribution is -2.38. The monoisotopic (exact) mass is 315 g/mol. The summed E-state index contributed by atoms with van der Waals surface area (Å²) in [7, 11) is 0. The van der Waals surface area contributed by atoms with Crippen LogP contribution in [-0.2, 0) is 4.74 Å². The molecule has 4 heteroatoms. The van der Waals surface area contributed by atoms with Crippen LogP contribution in [0.5, 0.6) is 0 Å². The van der Waals surface area contributed by atoms with Crippen LogP contribution in [0.2, 0.25) is 5.02 Å². The second-order valence-electron chi connectivity index (χ2n) is 5.38. The third-order valence-electron chi connectivity index (χ3n) is 3.84. The van der Waals surface area contributed by atoms with Crippen molar-refractivity contribution in [2.24, 2.45) is 0 Å². The second-order valence-corrected chi connectivity index (χ2v) is 5.82. The van der Waals surface area contributed by atoms with Crippen molar-refractivity contribution in [2.45, 2.75) is 25.9 Å². The van der Waals surface area contributed by atoms with Crippen molar-refractivity contribution in [3.63, 3.8) is 0 Å². The number of amides is 1. The Balaban J connectivity index is 2.05. The number of rotatable bonds is 4. The number of fused-ring (bicyclic) bond motifs is 1. The number of hydrogen-bond donors (Lipinski definition) is 0. The summed E-state index contributed by atoms with van der Waals surface area (Å²) in [5, 5.41) is 0.646. The van der Waals surface area contributed by atoms with Crippen LogP contribution in [0.4, 0.5) is 10.5 Å². The fraction of sp³-hybridized carbons (Fsp3) is 0.278. The molecule has 1 atom stereocenters. The van der Waals surface area contributed by atoms with Gasteiger partial charge >= 0.3 is 6.09 Å². The Kier molecular flexibility index (Phi) is 4.34. The molecule has 1 amide bonds. The summed E-state index contributed by atoms with van der Waals surface area (Å²) >= 11 is 6.16. The molecule has 0 fully saturated rings. The molecule has 1 aliphatic heterocycles. The van der Waals surface area contributed by atoms with Gasteiger partial charge in [0.2, 0.25) is 0 Å². The molecule has 114 valence electrons. The molecular weight excluding hydrogens is 298 g/mol. The summed E-state index contributed by atoms with van der Waals surface area (Å²) < 4.78 is 5.69.